The number of aromatic nitrogens is 1. The molecule has 0 aliphatic carbocycles. The van der Waals surface area contributed by atoms with Crippen LogP contribution in [0.2, 0.25) is 0 Å². The Morgan fingerprint density at radius 1 is 1.16 bits per heavy atom. The number of anilines is 2. The Labute approximate surface area is 191 Å². The molecule has 3 rings (SSSR count). The van der Waals surface area contributed by atoms with Crippen LogP contribution in [0.1, 0.15) is 13.3 Å². The summed E-state index contributed by atoms with van der Waals surface area (Å²) in [5, 5.41) is 18.2. The second-order valence-electron chi connectivity index (χ2n) is 6.21. The van der Waals surface area contributed by atoms with Crippen molar-refractivity contribution in [3.05, 3.63) is 59.3 Å². The van der Waals surface area contributed by atoms with Crippen LogP contribution < -0.4 is 10.6 Å². The van der Waals surface area contributed by atoms with Crippen LogP contribution in [0, 0.1) is 0 Å². The van der Waals surface area contributed by atoms with Crippen molar-refractivity contribution in [1.29, 1.82) is 0 Å². The van der Waals surface area contributed by atoms with E-state index in [1.165, 1.54) is 23.1 Å². The lowest BCUT2D eigenvalue weighted by Gasteiger charge is -2.14. The third-order valence-electron chi connectivity index (χ3n) is 3.93. The molecule has 0 aliphatic rings. The number of carbonyl (C=O) groups excluding carboxylic acids is 2. The molecule has 1 aromatic carbocycles. The number of thioether (sulfide) groups is 1. The van der Waals surface area contributed by atoms with Gasteiger partial charge in [-0.05, 0) is 36.1 Å². The van der Waals surface area contributed by atoms with E-state index in [0.29, 0.717) is 17.2 Å². The second-order valence-corrected chi connectivity index (χ2v) is 9.29. The average Bonchev–Trinajstić information content (AvgIpc) is 3.42. The molecule has 0 bridgehead atoms. The minimum atomic E-state index is -1.20. The van der Waals surface area contributed by atoms with E-state index in [9.17, 15) is 14.4 Å². The minimum Gasteiger partial charge on any atom is -0.478 e. The number of carboxylic acid groups (broad SMARTS) is 1. The molecule has 1 unspecified atom stereocenters. The first-order chi connectivity index (χ1) is 14.9. The average molecular weight is 474 g/mol. The van der Waals surface area contributed by atoms with E-state index in [4.69, 9.17) is 5.11 Å². The first kappa shape index (κ1) is 22.7. The van der Waals surface area contributed by atoms with Gasteiger partial charge < -0.3 is 15.7 Å². The van der Waals surface area contributed by atoms with Crippen molar-refractivity contribution in [2.45, 2.75) is 23.5 Å². The van der Waals surface area contributed by atoms with Crippen molar-refractivity contribution in [1.82, 2.24) is 4.98 Å². The predicted octanol–water partition coefficient (Wildman–Crippen LogP) is 4.96. The number of thiazole rings is 1. The second kappa shape index (κ2) is 10.9. The van der Waals surface area contributed by atoms with Crippen LogP contribution in [-0.2, 0) is 14.4 Å². The van der Waals surface area contributed by atoms with E-state index in [2.05, 4.69) is 15.6 Å². The smallest absolute Gasteiger partial charge is 0.328 e. The van der Waals surface area contributed by atoms with Crippen LogP contribution >= 0.6 is 34.4 Å². The van der Waals surface area contributed by atoms with E-state index in [1.54, 1.807) is 29.5 Å². The van der Waals surface area contributed by atoms with Gasteiger partial charge in [0.1, 0.15) is 0 Å². The number of nitrogens with one attached hydrogen (secondary N) is 2. The summed E-state index contributed by atoms with van der Waals surface area (Å²) in [7, 11) is 0. The highest BCUT2D eigenvalue weighted by Gasteiger charge is 2.20. The van der Waals surface area contributed by atoms with Gasteiger partial charge in [-0.25, -0.2) is 9.78 Å². The molecule has 2 aromatic heterocycles. The number of nitrogens with zero attached hydrogens (tertiary/aromatic N) is 1. The van der Waals surface area contributed by atoms with Gasteiger partial charge in [-0.3, -0.25) is 9.59 Å². The highest BCUT2D eigenvalue weighted by Crippen LogP contribution is 2.31. The summed E-state index contributed by atoms with van der Waals surface area (Å²) in [5.74, 6) is -1.88. The molecule has 0 radical (unpaired) electrons. The van der Waals surface area contributed by atoms with Crippen molar-refractivity contribution in [3.8, 4) is 10.6 Å². The summed E-state index contributed by atoms with van der Waals surface area (Å²) < 4.78 is 0. The number of benzene rings is 1. The van der Waals surface area contributed by atoms with Gasteiger partial charge in [0.05, 0.1) is 15.8 Å². The lowest BCUT2D eigenvalue weighted by molar-refractivity contribution is -0.131. The zero-order chi connectivity index (χ0) is 22.2. The van der Waals surface area contributed by atoms with E-state index in [0.717, 1.165) is 27.6 Å². The van der Waals surface area contributed by atoms with Crippen LogP contribution in [0.3, 0.4) is 0 Å². The van der Waals surface area contributed by atoms with Crippen molar-refractivity contribution >= 4 is 63.0 Å². The van der Waals surface area contributed by atoms with Crippen LogP contribution in [0.25, 0.3) is 10.6 Å². The van der Waals surface area contributed by atoms with Crippen molar-refractivity contribution in [3.63, 3.8) is 0 Å². The van der Waals surface area contributed by atoms with Gasteiger partial charge in [0.25, 0.3) is 0 Å². The van der Waals surface area contributed by atoms with Crippen LogP contribution in [0.4, 0.5) is 10.8 Å². The van der Waals surface area contributed by atoms with Gasteiger partial charge in [0.2, 0.25) is 11.8 Å². The Morgan fingerprint density at radius 2 is 2.00 bits per heavy atom. The lowest BCUT2D eigenvalue weighted by atomic mass is 10.3. The van der Waals surface area contributed by atoms with Gasteiger partial charge >= 0.3 is 5.97 Å². The molecule has 31 heavy (non-hydrogen) atoms. The van der Waals surface area contributed by atoms with Crippen LogP contribution in [0.5, 0.6) is 0 Å². The molecular weight excluding hydrogens is 454 g/mol. The summed E-state index contributed by atoms with van der Waals surface area (Å²) in [6.45, 7) is 1.93. The Morgan fingerprint density at radius 3 is 2.71 bits per heavy atom. The Hall–Kier alpha value is -2.95. The minimum absolute atomic E-state index is 0.140. The molecule has 10 heteroatoms. The first-order valence-electron chi connectivity index (χ1n) is 9.23. The molecule has 3 aromatic rings. The number of carboxylic acids is 1. The number of hydrogen-bond donors (Lipinski definition) is 3. The van der Waals surface area contributed by atoms with Crippen LogP contribution in [-0.4, -0.2) is 33.1 Å². The van der Waals surface area contributed by atoms with Gasteiger partial charge in [-0.15, -0.1) is 34.4 Å². The molecule has 0 fully saturated rings. The zero-order valence-electron chi connectivity index (χ0n) is 16.4. The molecule has 2 amide bonds. The lowest BCUT2D eigenvalue weighted by Crippen LogP contribution is -2.24. The third-order valence-corrected chi connectivity index (χ3v) is 6.94. The fourth-order valence-electron chi connectivity index (χ4n) is 2.52. The molecule has 1 atom stereocenters. The number of thiophene rings is 1. The number of aliphatic carboxylic acids is 1. The highest BCUT2D eigenvalue weighted by molar-refractivity contribution is 8.00. The summed E-state index contributed by atoms with van der Waals surface area (Å²) in [4.78, 5) is 41.4. The number of carbonyl (C=O) groups is 3. The fraction of sp³-hybridized carbons (Fsp3) is 0.143. The topological polar surface area (TPSA) is 108 Å². The van der Waals surface area contributed by atoms with Crippen molar-refractivity contribution < 1.29 is 19.5 Å². The van der Waals surface area contributed by atoms with E-state index in [1.807, 2.05) is 35.9 Å². The molecule has 0 aliphatic heterocycles. The quantitative estimate of drug-likeness (QED) is 0.299. The van der Waals surface area contributed by atoms with Gasteiger partial charge in [-0.1, -0.05) is 19.1 Å². The maximum absolute atomic E-state index is 12.8. The van der Waals surface area contributed by atoms with E-state index >= 15 is 0 Å². The first-order valence-corrected chi connectivity index (χ1v) is 11.9. The van der Waals surface area contributed by atoms with Crippen molar-refractivity contribution in [2.24, 2.45) is 0 Å². The fourth-order valence-corrected chi connectivity index (χ4v) is 5.01. The standard InChI is InChI=1S/C21H19N3O4S3/c1-2-16(20(28)24-21-23-15(12-30-21)17-7-4-10-29-17)31-14-6-3-5-13(11-14)22-18(25)8-9-19(26)27/h3-12,16H,2H2,1H3,(H,22,25)(H,26,27)(H,23,24,28)/b9-8+. The van der Waals surface area contributed by atoms with Gasteiger partial charge in [0, 0.05) is 28.1 Å². The molecule has 160 valence electrons. The highest BCUT2D eigenvalue weighted by atomic mass is 32.2. The molecule has 2 heterocycles. The van der Waals surface area contributed by atoms with E-state index < -0.39 is 11.9 Å². The number of amides is 2. The maximum atomic E-state index is 12.8. The summed E-state index contributed by atoms with van der Waals surface area (Å²) >= 11 is 4.36. The summed E-state index contributed by atoms with van der Waals surface area (Å²) in [5.41, 5.74) is 1.36. The van der Waals surface area contributed by atoms with E-state index in [-0.39, 0.29) is 11.2 Å². The zero-order valence-corrected chi connectivity index (χ0v) is 18.9. The normalized spacial score (nSPS) is 11.9. The molecule has 0 saturated heterocycles. The molecular formula is C21H19N3O4S3. The molecule has 0 spiro atoms. The summed E-state index contributed by atoms with van der Waals surface area (Å²) in [6, 6.07) is 11.0. The van der Waals surface area contributed by atoms with Gasteiger partial charge in [-0.2, -0.15) is 0 Å². The monoisotopic (exact) mass is 473 g/mol. The van der Waals surface area contributed by atoms with Crippen molar-refractivity contribution in [2.75, 3.05) is 10.6 Å². The summed E-state index contributed by atoms with van der Waals surface area (Å²) in [6.07, 6.45) is 2.33. The Kier molecular flexibility index (Phi) is 7.99. The predicted molar refractivity (Wildman–Crippen MR) is 126 cm³/mol. The molecule has 7 nitrogen and oxygen atoms in total. The SMILES string of the molecule is CCC(Sc1cccc(NC(=O)/C=C/C(=O)O)c1)C(=O)Nc1nc(-c2cccs2)cs1. The van der Waals surface area contributed by atoms with Crippen LogP contribution in [0.15, 0.2) is 64.2 Å². The number of rotatable bonds is 9. The number of hydrogen-bond acceptors (Lipinski definition) is 7. The van der Waals surface area contributed by atoms with Gasteiger partial charge in [0.15, 0.2) is 5.13 Å². The Bertz CT molecular complexity index is 1090. The maximum Gasteiger partial charge on any atom is 0.328 e. The largest absolute Gasteiger partial charge is 0.478 e. The Balaban J connectivity index is 1.62. The molecule has 0 saturated carbocycles. The molecule has 3 N–H and O–H groups in total. The third kappa shape index (κ3) is 6.78.